The van der Waals surface area contributed by atoms with Crippen molar-refractivity contribution in [3.05, 3.63) is 0 Å². The fraction of sp³-hybridized carbons (Fsp3) is 1.00. The van der Waals surface area contributed by atoms with Crippen LogP contribution in [0.3, 0.4) is 0 Å². The summed E-state index contributed by atoms with van der Waals surface area (Å²) >= 11 is 0. The molecule has 0 aliphatic carbocycles. The first-order valence-corrected chi connectivity index (χ1v) is 3.65. The Balaban J connectivity index is 2.63. The van der Waals surface area contributed by atoms with Crippen LogP contribution < -0.4 is 5.73 Å². The van der Waals surface area contributed by atoms with Gasteiger partial charge in [-0.1, -0.05) is 0 Å². The minimum atomic E-state index is -1.49. The van der Waals surface area contributed by atoms with Gasteiger partial charge in [-0.25, -0.2) is 0 Å². The van der Waals surface area contributed by atoms with Gasteiger partial charge in [0, 0.05) is 6.54 Å². The third-order valence-corrected chi connectivity index (χ3v) is 1.92. The Labute approximate surface area is 69.2 Å². The fourth-order valence-corrected chi connectivity index (χ4v) is 1.13. The first-order valence-electron chi connectivity index (χ1n) is 3.65. The molecule has 1 heterocycles. The predicted molar refractivity (Wildman–Crippen MR) is 38.0 cm³/mol. The summed E-state index contributed by atoms with van der Waals surface area (Å²) in [5, 5.41) is 36.3. The minimum Gasteiger partial charge on any atom is -0.388 e. The number of aliphatic hydroxyl groups is 4. The van der Waals surface area contributed by atoms with Crippen molar-refractivity contribution < 1.29 is 25.2 Å². The van der Waals surface area contributed by atoms with Crippen molar-refractivity contribution in [1.29, 1.82) is 0 Å². The normalized spacial score (nSPS) is 49.2. The van der Waals surface area contributed by atoms with E-state index in [4.69, 9.17) is 25.8 Å². The lowest BCUT2D eigenvalue weighted by molar-refractivity contribution is -0.279. The van der Waals surface area contributed by atoms with Gasteiger partial charge in [0.15, 0.2) is 6.29 Å². The van der Waals surface area contributed by atoms with Crippen molar-refractivity contribution in [2.75, 3.05) is 6.54 Å². The summed E-state index contributed by atoms with van der Waals surface area (Å²) in [5.41, 5.74) is 5.17. The smallest absolute Gasteiger partial charge is 0.184 e. The van der Waals surface area contributed by atoms with Crippen molar-refractivity contribution in [1.82, 2.24) is 0 Å². The second kappa shape index (κ2) is 3.65. The Kier molecular flexibility index (Phi) is 2.99. The molecule has 1 aliphatic heterocycles. The Morgan fingerprint density at radius 2 is 1.58 bits per heavy atom. The highest BCUT2D eigenvalue weighted by molar-refractivity contribution is 4.88. The zero-order chi connectivity index (χ0) is 9.30. The van der Waals surface area contributed by atoms with Crippen molar-refractivity contribution >= 4 is 0 Å². The van der Waals surface area contributed by atoms with E-state index in [9.17, 15) is 5.11 Å². The first kappa shape index (κ1) is 9.85. The molecule has 1 rings (SSSR count). The summed E-state index contributed by atoms with van der Waals surface area (Å²) < 4.78 is 4.70. The summed E-state index contributed by atoms with van der Waals surface area (Å²) in [6.07, 6.45) is -6.48. The van der Waals surface area contributed by atoms with E-state index in [0.29, 0.717) is 0 Å². The Morgan fingerprint density at radius 3 is 2.08 bits per heavy atom. The van der Waals surface area contributed by atoms with Crippen molar-refractivity contribution in [3.8, 4) is 0 Å². The summed E-state index contributed by atoms with van der Waals surface area (Å²) in [5.74, 6) is 0. The van der Waals surface area contributed by atoms with E-state index in [1.54, 1.807) is 0 Å². The summed E-state index contributed by atoms with van der Waals surface area (Å²) in [4.78, 5) is 0. The lowest BCUT2D eigenvalue weighted by Crippen LogP contribution is -2.59. The van der Waals surface area contributed by atoms with Gasteiger partial charge in [0.1, 0.15) is 24.4 Å². The quantitative estimate of drug-likeness (QED) is 0.288. The molecule has 72 valence electrons. The molecule has 0 radical (unpaired) electrons. The van der Waals surface area contributed by atoms with E-state index in [0.717, 1.165) is 0 Å². The molecule has 1 unspecified atom stereocenters. The Morgan fingerprint density at radius 1 is 1.00 bits per heavy atom. The highest BCUT2D eigenvalue weighted by Gasteiger charge is 2.42. The van der Waals surface area contributed by atoms with Gasteiger partial charge in [0.25, 0.3) is 0 Å². The average molecular weight is 179 g/mol. The highest BCUT2D eigenvalue weighted by atomic mass is 16.6. The maximum atomic E-state index is 9.20. The minimum absolute atomic E-state index is 0.0258. The molecule has 0 spiro atoms. The van der Waals surface area contributed by atoms with Gasteiger partial charge in [0.2, 0.25) is 0 Å². The third kappa shape index (κ3) is 1.58. The number of hydrogen-bond donors (Lipinski definition) is 5. The SMILES string of the molecule is NCC1O[C@@H](O)[C@@H](O)[C@@H](O)[C@@H]1O. The predicted octanol–water partition coefficient (Wildman–Crippen LogP) is -3.25. The lowest BCUT2D eigenvalue weighted by Gasteiger charge is -2.37. The summed E-state index contributed by atoms with van der Waals surface area (Å²) in [6, 6.07) is 0. The van der Waals surface area contributed by atoms with Gasteiger partial charge in [-0.2, -0.15) is 0 Å². The van der Waals surface area contributed by atoms with Gasteiger partial charge in [-0.05, 0) is 0 Å². The number of aliphatic hydroxyl groups excluding tert-OH is 4. The number of nitrogens with two attached hydrogens (primary N) is 1. The number of hydrogen-bond acceptors (Lipinski definition) is 6. The molecule has 0 saturated carbocycles. The van der Waals surface area contributed by atoms with Gasteiger partial charge < -0.3 is 30.9 Å². The molecule has 0 aromatic heterocycles. The van der Waals surface area contributed by atoms with Crippen LogP contribution in [-0.2, 0) is 4.74 Å². The molecular weight excluding hydrogens is 166 g/mol. The maximum Gasteiger partial charge on any atom is 0.184 e. The van der Waals surface area contributed by atoms with Gasteiger partial charge >= 0.3 is 0 Å². The zero-order valence-corrected chi connectivity index (χ0v) is 6.37. The van der Waals surface area contributed by atoms with E-state index in [-0.39, 0.29) is 6.54 Å². The van der Waals surface area contributed by atoms with Crippen LogP contribution in [0.1, 0.15) is 0 Å². The molecule has 6 nitrogen and oxygen atoms in total. The average Bonchev–Trinajstić information content (AvgIpc) is 2.08. The summed E-state index contributed by atoms with van der Waals surface area (Å²) in [7, 11) is 0. The van der Waals surface area contributed by atoms with Crippen LogP contribution in [0.5, 0.6) is 0 Å². The van der Waals surface area contributed by atoms with E-state index in [2.05, 4.69) is 0 Å². The Bertz CT molecular complexity index is 150. The van der Waals surface area contributed by atoms with Crippen molar-refractivity contribution in [2.45, 2.75) is 30.7 Å². The molecule has 1 fully saturated rings. The van der Waals surface area contributed by atoms with Crippen LogP contribution in [0, 0.1) is 0 Å². The second-order valence-electron chi connectivity index (χ2n) is 2.77. The van der Waals surface area contributed by atoms with Crippen LogP contribution in [-0.4, -0.2) is 57.7 Å². The molecule has 5 atom stereocenters. The molecule has 6 heteroatoms. The summed E-state index contributed by atoms with van der Waals surface area (Å²) in [6.45, 7) is -0.0258. The van der Waals surface area contributed by atoms with Crippen LogP contribution >= 0.6 is 0 Å². The van der Waals surface area contributed by atoms with Crippen LogP contribution in [0.15, 0.2) is 0 Å². The van der Waals surface area contributed by atoms with Crippen molar-refractivity contribution in [2.24, 2.45) is 5.73 Å². The number of ether oxygens (including phenoxy) is 1. The fourth-order valence-electron chi connectivity index (χ4n) is 1.13. The van der Waals surface area contributed by atoms with Crippen molar-refractivity contribution in [3.63, 3.8) is 0 Å². The largest absolute Gasteiger partial charge is 0.388 e. The van der Waals surface area contributed by atoms with E-state index in [1.165, 1.54) is 0 Å². The molecule has 12 heavy (non-hydrogen) atoms. The van der Waals surface area contributed by atoms with E-state index in [1.807, 2.05) is 0 Å². The standard InChI is InChI=1S/C6H13NO5/c7-1-2-3(8)4(9)5(10)6(11)12-2/h2-6,8-11H,1,7H2/t2?,3-,4+,5+,6-/m1/s1. The van der Waals surface area contributed by atoms with E-state index < -0.39 is 30.7 Å². The highest BCUT2D eigenvalue weighted by Crippen LogP contribution is 2.18. The molecule has 1 saturated heterocycles. The third-order valence-electron chi connectivity index (χ3n) is 1.92. The van der Waals surface area contributed by atoms with Crippen LogP contribution in [0.25, 0.3) is 0 Å². The zero-order valence-electron chi connectivity index (χ0n) is 6.37. The molecule has 1 aliphatic rings. The first-order chi connectivity index (χ1) is 5.57. The second-order valence-corrected chi connectivity index (χ2v) is 2.77. The molecule has 0 bridgehead atoms. The Hall–Kier alpha value is -0.240. The molecular formula is C6H13NO5. The van der Waals surface area contributed by atoms with Crippen LogP contribution in [0.2, 0.25) is 0 Å². The van der Waals surface area contributed by atoms with Gasteiger partial charge in [-0.15, -0.1) is 0 Å². The molecule has 0 aromatic rings. The van der Waals surface area contributed by atoms with Gasteiger partial charge in [-0.3, -0.25) is 0 Å². The molecule has 0 amide bonds. The molecule has 0 aromatic carbocycles. The lowest BCUT2D eigenvalue weighted by atomic mass is 9.99. The van der Waals surface area contributed by atoms with Crippen LogP contribution in [0.4, 0.5) is 0 Å². The topological polar surface area (TPSA) is 116 Å². The maximum absolute atomic E-state index is 9.20. The molecule has 6 N–H and O–H groups in total. The van der Waals surface area contributed by atoms with Gasteiger partial charge in [0.05, 0.1) is 0 Å². The number of rotatable bonds is 1. The monoisotopic (exact) mass is 179 g/mol. The van der Waals surface area contributed by atoms with E-state index >= 15 is 0 Å².